The second-order valence-electron chi connectivity index (χ2n) is 7.94. The van der Waals surface area contributed by atoms with Crippen molar-refractivity contribution >= 4 is 23.9 Å². The van der Waals surface area contributed by atoms with Gasteiger partial charge in [0.2, 0.25) is 0 Å². The molecule has 1 aliphatic heterocycles. The highest BCUT2D eigenvalue weighted by molar-refractivity contribution is 6.21. The first-order valence-electron chi connectivity index (χ1n) is 10.2. The molecule has 1 aromatic heterocycles. The Balaban J connectivity index is 1.66. The minimum atomic E-state index is -0.784. The summed E-state index contributed by atoms with van der Waals surface area (Å²) in [6.45, 7) is 8.78. The summed E-state index contributed by atoms with van der Waals surface area (Å²) in [4.78, 5) is 38.2. The monoisotopic (exact) mass is 419 g/mol. The number of carbonyl (C=O) groups excluding carboxylic acids is 3. The highest BCUT2D eigenvalue weighted by atomic mass is 16.5. The fourth-order valence-electron chi connectivity index (χ4n) is 3.66. The Morgan fingerprint density at radius 3 is 2.32 bits per heavy atom. The standard InChI is InChI=1S/C24H25N3O4/c1-15(2)14-27-16(3)11-18(17(27)4)12-19(13-25)24(30)31-10-9-26-22(28)20-7-5-6-8-21(20)23(26)29/h5-8,11-12,15H,9-10,14H2,1-4H3. The summed E-state index contributed by atoms with van der Waals surface area (Å²) in [6.07, 6.45) is 1.52. The molecule has 0 N–H and O–H groups in total. The normalized spacial score (nSPS) is 13.5. The van der Waals surface area contributed by atoms with Gasteiger partial charge in [0.25, 0.3) is 11.8 Å². The van der Waals surface area contributed by atoms with Crippen molar-refractivity contribution in [3.8, 4) is 6.07 Å². The molecule has 2 amide bonds. The van der Waals surface area contributed by atoms with Gasteiger partial charge in [-0.2, -0.15) is 5.26 Å². The first-order chi connectivity index (χ1) is 14.7. The number of hydrogen-bond acceptors (Lipinski definition) is 5. The molecule has 0 fully saturated rings. The van der Waals surface area contributed by atoms with Crippen LogP contribution in [0.15, 0.2) is 35.9 Å². The van der Waals surface area contributed by atoms with E-state index in [0.717, 1.165) is 28.4 Å². The SMILES string of the molecule is Cc1cc(C=C(C#N)C(=O)OCCN2C(=O)c3ccccc3C2=O)c(C)n1CC(C)C. The van der Waals surface area contributed by atoms with E-state index in [1.165, 1.54) is 6.08 Å². The van der Waals surface area contributed by atoms with Crippen LogP contribution in [0.5, 0.6) is 0 Å². The zero-order chi connectivity index (χ0) is 22.7. The van der Waals surface area contributed by atoms with E-state index in [9.17, 15) is 19.6 Å². The molecule has 0 aliphatic carbocycles. The van der Waals surface area contributed by atoms with Crippen LogP contribution in [0.3, 0.4) is 0 Å². The molecule has 1 aromatic carbocycles. The predicted molar refractivity (Wildman–Crippen MR) is 115 cm³/mol. The maximum absolute atomic E-state index is 12.4. The molecule has 160 valence electrons. The number of esters is 1. The first-order valence-corrected chi connectivity index (χ1v) is 10.2. The molecule has 0 unspecified atom stereocenters. The molecule has 0 atom stereocenters. The summed E-state index contributed by atoms with van der Waals surface area (Å²) >= 11 is 0. The van der Waals surface area contributed by atoms with Crippen LogP contribution in [-0.4, -0.2) is 40.4 Å². The van der Waals surface area contributed by atoms with Gasteiger partial charge in [0.1, 0.15) is 18.2 Å². The van der Waals surface area contributed by atoms with Crippen LogP contribution in [0.1, 0.15) is 51.5 Å². The topological polar surface area (TPSA) is 92.4 Å². The van der Waals surface area contributed by atoms with Gasteiger partial charge in [0, 0.05) is 17.9 Å². The average Bonchev–Trinajstić information content (AvgIpc) is 3.14. The van der Waals surface area contributed by atoms with Crippen molar-refractivity contribution < 1.29 is 19.1 Å². The summed E-state index contributed by atoms with van der Waals surface area (Å²) in [5.74, 6) is -1.15. The predicted octanol–water partition coefficient (Wildman–Crippen LogP) is 3.51. The Morgan fingerprint density at radius 2 is 1.77 bits per heavy atom. The zero-order valence-electron chi connectivity index (χ0n) is 18.1. The lowest BCUT2D eigenvalue weighted by atomic mass is 10.1. The molecule has 31 heavy (non-hydrogen) atoms. The Labute approximate surface area is 181 Å². The number of hydrogen-bond donors (Lipinski definition) is 0. The lowest BCUT2D eigenvalue weighted by Gasteiger charge is -2.13. The van der Waals surface area contributed by atoms with Crippen molar-refractivity contribution in [3.05, 3.63) is 64.0 Å². The second-order valence-corrected chi connectivity index (χ2v) is 7.94. The molecular weight excluding hydrogens is 394 g/mol. The summed E-state index contributed by atoms with van der Waals surface area (Å²) in [5, 5.41) is 9.44. The third kappa shape index (κ3) is 4.43. The number of nitriles is 1. The summed E-state index contributed by atoms with van der Waals surface area (Å²) in [5.41, 5.74) is 3.35. The van der Waals surface area contributed by atoms with Gasteiger partial charge in [0.05, 0.1) is 17.7 Å². The first kappa shape index (κ1) is 22.0. The molecule has 7 heteroatoms. The molecule has 3 rings (SSSR count). The highest BCUT2D eigenvalue weighted by Crippen LogP contribution is 2.22. The Bertz CT molecular complexity index is 1080. The van der Waals surface area contributed by atoms with Gasteiger partial charge >= 0.3 is 5.97 Å². The summed E-state index contributed by atoms with van der Waals surface area (Å²) in [7, 11) is 0. The fourth-order valence-corrected chi connectivity index (χ4v) is 3.66. The van der Waals surface area contributed by atoms with Crippen molar-refractivity contribution in [2.24, 2.45) is 5.92 Å². The van der Waals surface area contributed by atoms with E-state index < -0.39 is 17.8 Å². The maximum atomic E-state index is 12.4. The van der Waals surface area contributed by atoms with Gasteiger partial charge in [-0.3, -0.25) is 14.5 Å². The highest BCUT2D eigenvalue weighted by Gasteiger charge is 2.34. The second kappa shape index (κ2) is 9.00. The van der Waals surface area contributed by atoms with E-state index in [1.807, 2.05) is 26.0 Å². The van der Waals surface area contributed by atoms with Crippen LogP contribution < -0.4 is 0 Å². The molecule has 0 spiro atoms. The number of nitrogens with zero attached hydrogens (tertiary/aromatic N) is 3. The number of fused-ring (bicyclic) bond motifs is 1. The van der Waals surface area contributed by atoms with Gasteiger partial charge in [-0.1, -0.05) is 26.0 Å². The third-order valence-corrected chi connectivity index (χ3v) is 5.23. The summed E-state index contributed by atoms with van der Waals surface area (Å²) in [6, 6.07) is 10.4. The molecule has 2 heterocycles. The van der Waals surface area contributed by atoms with E-state index >= 15 is 0 Å². The minimum Gasteiger partial charge on any atom is -0.460 e. The minimum absolute atomic E-state index is 0.0697. The Morgan fingerprint density at radius 1 is 1.16 bits per heavy atom. The van der Waals surface area contributed by atoms with E-state index in [-0.39, 0.29) is 18.7 Å². The van der Waals surface area contributed by atoms with E-state index in [1.54, 1.807) is 24.3 Å². The van der Waals surface area contributed by atoms with Crippen LogP contribution in [0.25, 0.3) is 6.08 Å². The zero-order valence-corrected chi connectivity index (χ0v) is 18.1. The Kier molecular flexibility index (Phi) is 6.40. The van der Waals surface area contributed by atoms with Crippen LogP contribution in [0, 0.1) is 31.1 Å². The van der Waals surface area contributed by atoms with Crippen molar-refractivity contribution in [2.75, 3.05) is 13.2 Å². The molecule has 7 nitrogen and oxygen atoms in total. The largest absolute Gasteiger partial charge is 0.460 e. The smallest absolute Gasteiger partial charge is 0.348 e. The molecule has 0 saturated carbocycles. The number of carbonyl (C=O) groups is 3. The number of imide groups is 1. The average molecular weight is 419 g/mol. The van der Waals surface area contributed by atoms with Crippen molar-refractivity contribution in [3.63, 3.8) is 0 Å². The molecular formula is C24H25N3O4. The number of aromatic nitrogens is 1. The number of amides is 2. The van der Waals surface area contributed by atoms with Crippen LogP contribution in [-0.2, 0) is 16.1 Å². The van der Waals surface area contributed by atoms with Gasteiger partial charge in [-0.15, -0.1) is 0 Å². The van der Waals surface area contributed by atoms with Gasteiger partial charge in [0.15, 0.2) is 0 Å². The van der Waals surface area contributed by atoms with Crippen molar-refractivity contribution in [1.29, 1.82) is 5.26 Å². The molecule has 1 aliphatic rings. The third-order valence-electron chi connectivity index (χ3n) is 5.23. The van der Waals surface area contributed by atoms with Crippen molar-refractivity contribution in [1.82, 2.24) is 9.47 Å². The fraction of sp³-hybridized carbons (Fsp3) is 0.333. The maximum Gasteiger partial charge on any atom is 0.348 e. The van der Waals surface area contributed by atoms with Gasteiger partial charge in [-0.25, -0.2) is 4.79 Å². The lowest BCUT2D eigenvalue weighted by Crippen LogP contribution is -2.33. The Hall–Kier alpha value is -3.66. The van der Waals surface area contributed by atoms with Crippen LogP contribution >= 0.6 is 0 Å². The quantitative estimate of drug-likeness (QED) is 0.296. The molecule has 2 aromatic rings. The lowest BCUT2D eigenvalue weighted by molar-refractivity contribution is -0.138. The van der Waals surface area contributed by atoms with E-state index in [2.05, 4.69) is 18.4 Å². The number of benzene rings is 1. The number of rotatable bonds is 7. The van der Waals surface area contributed by atoms with Gasteiger partial charge in [-0.05, 0) is 49.6 Å². The van der Waals surface area contributed by atoms with Gasteiger partial charge < -0.3 is 9.30 Å². The molecule has 0 radical (unpaired) electrons. The van der Waals surface area contributed by atoms with Crippen LogP contribution in [0.4, 0.5) is 0 Å². The number of ether oxygens (including phenoxy) is 1. The number of aryl methyl sites for hydroxylation is 1. The van der Waals surface area contributed by atoms with E-state index in [4.69, 9.17) is 4.74 Å². The molecule has 0 bridgehead atoms. The summed E-state index contributed by atoms with van der Waals surface area (Å²) < 4.78 is 7.34. The molecule has 0 saturated heterocycles. The van der Waals surface area contributed by atoms with E-state index in [0.29, 0.717) is 17.0 Å². The van der Waals surface area contributed by atoms with Crippen LogP contribution in [0.2, 0.25) is 0 Å². The van der Waals surface area contributed by atoms with Crippen molar-refractivity contribution in [2.45, 2.75) is 34.2 Å².